The van der Waals surface area contributed by atoms with Crippen molar-refractivity contribution in [1.82, 2.24) is 4.90 Å². The maximum atomic E-state index is 12.6. The number of piperidine rings is 1. The smallest absolute Gasteiger partial charge is 0.260 e. The van der Waals surface area contributed by atoms with Gasteiger partial charge in [-0.1, -0.05) is 29.8 Å². The van der Waals surface area contributed by atoms with E-state index in [1.807, 2.05) is 36.1 Å². The highest BCUT2D eigenvalue weighted by atomic mass is 16.5. The standard InChI is InChI=1S/C23H23NO4/c1-16-5-7-17(8-6-16)22-14-20(25)19-13-18(9-10-21(19)28-22)27-15-23(26)24-11-3-2-4-12-24/h5-10,13-14H,2-4,11-12,15H2,1H3. The van der Waals surface area contributed by atoms with E-state index in [4.69, 9.17) is 9.15 Å². The van der Waals surface area contributed by atoms with Gasteiger partial charge in [-0.25, -0.2) is 0 Å². The lowest BCUT2D eigenvalue weighted by Crippen LogP contribution is -2.38. The van der Waals surface area contributed by atoms with Gasteiger partial charge in [0.05, 0.1) is 5.39 Å². The first-order chi connectivity index (χ1) is 13.6. The van der Waals surface area contributed by atoms with Crippen LogP contribution in [0, 0.1) is 6.92 Å². The molecule has 1 fully saturated rings. The second-order valence-electron chi connectivity index (χ2n) is 7.23. The maximum Gasteiger partial charge on any atom is 0.260 e. The van der Waals surface area contributed by atoms with Gasteiger partial charge < -0.3 is 14.1 Å². The Kier molecular flexibility index (Phi) is 5.15. The molecular weight excluding hydrogens is 354 g/mol. The van der Waals surface area contributed by atoms with Gasteiger partial charge in [0.1, 0.15) is 17.1 Å². The van der Waals surface area contributed by atoms with Gasteiger partial charge in [-0.15, -0.1) is 0 Å². The van der Waals surface area contributed by atoms with Gasteiger partial charge >= 0.3 is 0 Å². The number of fused-ring (bicyclic) bond motifs is 1. The van der Waals surface area contributed by atoms with E-state index in [-0.39, 0.29) is 17.9 Å². The van der Waals surface area contributed by atoms with Crippen molar-refractivity contribution in [3.05, 3.63) is 64.3 Å². The first kappa shape index (κ1) is 18.3. The molecule has 1 aliphatic rings. The van der Waals surface area contributed by atoms with Gasteiger partial charge in [0.15, 0.2) is 12.0 Å². The summed E-state index contributed by atoms with van der Waals surface area (Å²) in [6.07, 6.45) is 3.27. The molecule has 3 aromatic rings. The lowest BCUT2D eigenvalue weighted by molar-refractivity contribution is -0.134. The molecule has 1 aliphatic heterocycles. The fraction of sp³-hybridized carbons (Fsp3) is 0.304. The molecule has 5 nitrogen and oxygen atoms in total. The Balaban J connectivity index is 1.53. The Morgan fingerprint density at radius 2 is 1.79 bits per heavy atom. The van der Waals surface area contributed by atoms with E-state index in [1.54, 1.807) is 18.2 Å². The second-order valence-corrected chi connectivity index (χ2v) is 7.23. The van der Waals surface area contributed by atoms with Crippen molar-refractivity contribution in [1.29, 1.82) is 0 Å². The highest BCUT2D eigenvalue weighted by molar-refractivity contribution is 5.81. The SMILES string of the molecule is Cc1ccc(-c2cc(=O)c3cc(OCC(=O)N4CCCCC4)ccc3o2)cc1. The van der Waals surface area contributed by atoms with Crippen LogP contribution in [0.25, 0.3) is 22.3 Å². The summed E-state index contributed by atoms with van der Waals surface area (Å²) in [7, 11) is 0. The summed E-state index contributed by atoms with van der Waals surface area (Å²) >= 11 is 0. The monoisotopic (exact) mass is 377 g/mol. The number of nitrogens with zero attached hydrogens (tertiary/aromatic N) is 1. The number of hydrogen-bond acceptors (Lipinski definition) is 4. The average Bonchev–Trinajstić information content (AvgIpc) is 2.73. The van der Waals surface area contributed by atoms with Gasteiger partial charge in [-0.05, 0) is 44.4 Å². The average molecular weight is 377 g/mol. The number of amides is 1. The Hall–Kier alpha value is -3.08. The molecule has 4 rings (SSSR count). The number of carbonyl (C=O) groups is 1. The first-order valence-electron chi connectivity index (χ1n) is 9.66. The van der Waals surface area contributed by atoms with E-state index < -0.39 is 0 Å². The van der Waals surface area contributed by atoms with Crippen LogP contribution in [0.15, 0.2) is 57.7 Å². The summed E-state index contributed by atoms with van der Waals surface area (Å²) in [6, 6.07) is 14.4. The third kappa shape index (κ3) is 3.93. The zero-order valence-electron chi connectivity index (χ0n) is 15.9. The molecule has 0 bridgehead atoms. The molecule has 0 radical (unpaired) electrons. The molecule has 1 amide bonds. The third-order valence-corrected chi connectivity index (χ3v) is 5.11. The molecule has 0 atom stereocenters. The number of hydrogen-bond donors (Lipinski definition) is 0. The topological polar surface area (TPSA) is 59.8 Å². The maximum absolute atomic E-state index is 12.6. The molecule has 2 heterocycles. The quantitative estimate of drug-likeness (QED) is 0.685. The van der Waals surface area contributed by atoms with Crippen molar-refractivity contribution in [2.45, 2.75) is 26.2 Å². The van der Waals surface area contributed by atoms with E-state index >= 15 is 0 Å². The van der Waals surface area contributed by atoms with Crippen LogP contribution in [0.3, 0.4) is 0 Å². The summed E-state index contributed by atoms with van der Waals surface area (Å²) < 4.78 is 11.6. The highest BCUT2D eigenvalue weighted by Gasteiger charge is 2.17. The Morgan fingerprint density at radius 1 is 1.04 bits per heavy atom. The van der Waals surface area contributed by atoms with E-state index in [9.17, 15) is 9.59 Å². The van der Waals surface area contributed by atoms with Crippen LogP contribution < -0.4 is 10.2 Å². The molecule has 144 valence electrons. The van der Waals surface area contributed by atoms with Crippen molar-refractivity contribution in [3.8, 4) is 17.1 Å². The number of likely N-dealkylation sites (tertiary alicyclic amines) is 1. The number of aryl methyl sites for hydroxylation is 1. The molecule has 2 aromatic carbocycles. The van der Waals surface area contributed by atoms with Gasteiger partial charge in [-0.2, -0.15) is 0 Å². The first-order valence-corrected chi connectivity index (χ1v) is 9.66. The number of carbonyl (C=O) groups excluding carboxylic acids is 1. The Labute approximate surface area is 163 Å². The van der Waals surface area contributed by atoms with Crippen molar-refractivity contribution in [3.63, 3.8) is 0 Å². The van der Waals surface area contributed by atoms with Crippen LogP contribution in [0.5, 0.6) is 5.75 Å². The van der Waals surface area contributed by atoms with Crippen LogP contribution in [0.2, 0.25) is 0 Å². The van der Waals surface area contributed by atoms with E-state index in [2.05, 4.69) is 0 Å². The minimum Gasteiger partial charge on any atom is -0.484 e. The molecular formula is C23H23NO4. The minimum atomic E-state index is -0.135. The predicted octanol–water partition coefficient (Wildman–Crippen LogP) is 4.16. The van der Waals surface area contributed by atoms with Crippen molar-refractivity contribution in [2.75, 3.05) is 19.7 Å². The van der Waals surface area contributed by atoms with Crippen molar-refractivity contribution < 1.29 is 13.9 Å². The molecule has 0 N–H and O–H groups in total. The fourth-order valence-electron chi connectivity index (χ4n) is 3.46. The van der Waals surface area contributed by atoms with Crippen LogP contribution in [0.4, 0.5) is 0 Å². The number of ether oxygens (including phenoxy) is 1. The minimum absolute atomic E-state index is 0.0125. The molecule has 0 unspecified atom stereocenters. The molecule has 1 saturated heterocycles. The zero-order chi connectivity index (χ0) is 19.5. The summed E-state index contributed by atoms with van der Waals surface area (Å²) in [5.74, 6) is 1.02. The Bertz CT molecular complexity index is 1050. The number of benzene rings is 2. The van der Waals surface area contributed by atoms with E-state index in [1.165, 1.54) is 12.5 Å². The van der Waals surface area contributed by atoms with Gasteiger partial charge in [0, 0.05) is 24.7 Å². The normalized spacial score (nSPS) is 14.2. The largest absolute Gasteiger partial charge is 0.484 e. The third-order valence-electron chi connectivity index (χ3n) is 5.11. The number of rotatable bonds is 4. The molecule has 0 saturated carbocycles. The van der Waals surface area contributed by atoms with Crippen molar-refractivity contribution in [2.24, 2.45) is 0 Å². The predicted molar refractivity (Wildman–Crippen MR) is 109 cm³/mol. The molecule has 5 heteroatoms. The molecule has 1 aromatic heterocycles. The van der Waals surface area contributed by atoms with Crippen molar-refractivity contribution >= 4 is 16.9 Å². The van der Waals surface area contributed by atoms with Gasteiger partial charge in [-0.3, -0.25) is 9.59 Å². The second kappa shape index (κ2) is 7.89. The van der Waals surface area contributed by atoms with Gasteiger partial charge in [0.2, 0.25) is 0 Å². The molecule has 0 spiro atoms. The van der Waals surface area contributed by atoms with E-state index in [0.29, 0.717) is 22.5 Å². The van der Waals surface area contributed by atoms with Crippen LogP contribution in [-0.4, -0.2) is 30.5 Å². The lowest BCUT2D eigenvalue weighted by Gasteiger charge is -2.26. The summed E-state index contributed by atoms with van der Waals surface area (Å²) in [5, 5.41) is 0.443. The highest BCUT2D eigenvalue weighted by Crippen LogP contribution is 2.25. The van der Waals surface area contributed by atoms with E-state index in [0.717, 1.165) is 37.1 Å². The summed E-state index contributed by atoms with van der Waals surface area (Å²) in [6.45, 7) is 3.59. The lowest BCUT2D eigenvalue weighted by atomic mass is 10.1. The van der Waals surface area contributed by atoms with Gasteiger partial charge in [0.25, 0.3) is 5.91 Å². The van der Waals surface area contributed by atoms with Crippen LogP contribution in [-0.2, 0) is 4.79 Å². The fourth-order valence-corrected chi connectivity index (χ4v) is 3.46. The Morgan fingerprint density at radius 3 is 2.54 bits per heavy atom. The zero-order valence-corrected chi connectivity index (χ0v) is 15.9. The molecule has 28 heavy (non-hydrogen) atoms. The summed E-state index contributed by atoms with van der Waals surface area (Å²) in [4.78, 5) is 26.7. The molecule has 0 aliphatic carbocycles. The van der Waals surface area contributed by atoms with Crippen LogP contribution >= 0.6 is 0 Å². The van der Waals surface area contributed by atoms with Crippen LogP contribution in [0.1, 0.15) is 24.8 Å². The summed E-state index contributed by atoms with van der Waals surface area (Å²) in [5.41, 5.74) is 2.37.